The maximum atomic E-state index is 2.62. The molecule has 0 nitrogen and oxygen atoms in total. The zero-order valence-electron chi connectivity index (χ0n) is 6.15. The molecule has 0 radical (unpaired) electrons. The predicted octanol–water partition coefficient (Wildman–Crippen LogP) is 3.95. The molecule has 0 aromatic carbocycles. The molecule has 0 heterocycles. The second kappa shape index (κ2) is 5.17. The van der Waals surface area contributed by atoms with Gasteiger partial charge in [-0.05, 0) is 12.8 Å². The average molecular weight is 364 g/mol. The van der Waals surface area contributed by atoms with Crippen LogP contribution in [0.15, 0.2) is 0 Å². The van der Waals surface area contributed by atoms with Crippen molar-refractivity contribution in [1.82, 2.24) is 0 Å². The molecule has 1 saturated carbocycles. The highest BCUT2D eigenvalue weighted by Crippen LogP contribution is 2.28. The van der Waals surface area contributed by atoms with E-state index in [9.17, 15) is 0 Å². The zero-order valence-corrected chi connectivity index (χ0v) is 10.5. The molecule has 1 fully saturated rings. The van der Waals surface area contributed by atoms with Crippen molar-refractivity contribution in [2.45, 2.75) is 46.4 Å². The third-order valence-electron chi connectivity index (χ3n) is 2.10. The first-order chi connectivity index (χ1) is 4.80. The smallest absolute Gasteiger partial charge is 0.0227 e. The average Bonchev–Trinajstić information content (AvgIpc) is 1.92. The van der Waals surface area contributed by atoms with Crippen LogP contribution in [0.2, 0.25) is 0 Å². The van der Waals surface area contributed by atoms with Gasteiger partial charge >= 0.3 is 0 Å². The number of halogens is 2. The maximum absolute atomic E-state index is 2.62. The van der Waals surface area contributed by atoms with Gasteiger partial charge in [0.25, 0.3) is 0 Å². The SMILES string of the molecule is IC1CCCCCCC1I. The van der Waals surface area contributed by atoms with E-state index in [0.717, 1.165) is 7.85 Å². The van der Waals surface area contributed by atoms with Crippen molar-refractivity contribution >= 4 is 45.2 Å². The van der Waals surface area contributed by atoms with E-state index in [1.807, 2.05) is 0 Å². The van der Waals surface area contributed by atoms with Crippen LogP contribution in [-0.4, -0.2) is 7.85 Å². The van der Waals surface area contributed by atoms with Gasteiger partial charge in [-0.25, -0.2) is 0 Å². The van der Waals surface area contributed by atoms with E-state index in [-0.39, 0.29) is 0 Å². The van der Waals surface area contributed by atoms with Crippen LogP contribution in [0.4, 0.5) is 0 Å². The van der Waals surface area contributed by atoms with Crippen LogP contribution in [0.5, 0.6) is 0 Å². The molecule has 2 atom stereocenters. The minimum absolute atomic E-state index is 0.943. The van der Waals surface area contributed by atoms with E-state index < -0.39 is 0 Å². The molecular formula is C8H14I2. The van der Waals surface area contributed by atoms with Gasteiger partial charge in [-0.3, -0.25) is 0 Å². The van der Waals surface area contributed by atoms with Crippen LogP contribution in [0.3, 0.4) is 0 Å². The molecule has 1 aliphatic carbocycles. The van der Waals surface area contributed by atoms with Crippen molar-refractivity contribution < 1.29 is 0 Å². The third kappa shape index (κ3) is 3.24. The van der Waals surface area contributed by atoms with Crippen LogP contribution >= 0.6 is 45.2 Å². The Morgan fingerprint density at radius 3 is 1.50 bits per heavy atom. The fourth-order valence-electron chi connectivity index (χ4n) is 1.39. The summed E-state index contributed by atoms with van der Waals surface area (Å²) in [6.45, 7) is 0. The Bertz CT molecular complexity index is 81.3. The molecule has 0 N–H and O–H groups in total. The first-order valence-electron chi connectivity index (χ1n) is 4.09. The van der Waals surface area contributed by atoms with Gasteiger partial charge in [0.05, 0.1) is 0 Å². The largest absolute Gasteiger partial charge is 0.0815 e. The molecule has 0 bridgehead atoms. The second-order valence-corrected chi connectivity index (χ2v) is 6.22. The lowest BCUT2D eigenvalue weighted by atomic mass is 10.0. The van der Waals surface area contributed by atoms with Gasteiger partial charge in [0, 0.05) is 7.85 Å². The molecule has 0 aromatic rings. The summed E-state index contributed by atoms with van der Waals surface area (Å²) in [7, 11) is 0. The summed E-state index contributed by atoms with van der Waals surface area (Å²) in [5.41, 5.74) is 0. The van der Waals surface area contributed by atoms with E-state index >= 15 is 0 Å². The summed E-state index contributed by atoms with van der Waals surface area (Å²) in [5.74, 6) is 0. The highest BCUT2D eigenvalue weighted by Gasteiger charge is 2.16. The molecule has 0 amide bonds. The molecule has 1 aliphatic rings. The molecule has 0 saturated heterocycles. The molecule has 1 rings (SSSR count). The molecule has 0 aromatic heterocycles. The van der Waals surface area contributed by atoms with E-state index in [4.69, 9.17) is 0 Å². The van der Waals surface area contributed by atoms with Crippen molar-refractivity contribution in [3.63, 3.8) is 0 Å². The Hall–Kier alpha value is 1.46. The van der Waals surface area contributed by atoms with Crippen molar-refractivity contribution in [2.75, 3.05) is 0 Å². The van der Waals surface area contributed by atoms with Gasteiger partial charge in [-0.15, -0.1) is 0 Å². The third-order valence-corrected chi connectivity index (χ3v) is 6.46. The van der Waals surface area contributed by atoms with Gasteiger partial charge < -0.3 is 0 Å². The van der Waals surface area contributed by atoms with Crippen molar-refractivity contribution in [3.05, 3.63) is 0 Å². The van der Waals surface area contributed by atoms with Crippen LogP contribution < -0.4 is 0 Å². The second-order valence-electron chi connectivity index (χ2n) is 3.02. The van der Waals surface area contributed by atoms with Gasteiger partial charge in [0.15, 0.2) is 0 Å². The summed E-state index contributed by atoms with van der Waals surface area (Å²) in [4.78, 5) is 0. The Balaban J connectivity index is 2.28. The minimum atomic E-state index is 0.943. The van der Waals surface area contributed by atoms with Crippen LogP contribution in [0, 0.1) is 0 Å². The van der Waals surface area contributed by atoms with Crippen LogP contribution in [0.1, 0.15) is 38.5 Å². The Morgan fingerprint density at radius 1 is 0.700 bits per heavy atom. The molecule has 2 unspecified atom stereocenters. The number of rotatable bonds is 0. The minimum Gasteiger partial charge on any atom is -0.0815 e. The predicted molar refractivity (Wildman–Crippen MR) is 63.3 cm³/mol. The lowest BCUT2D eigenvalue weighted by Gasteiger charge is -2.19. The highest BCUT2D eigenvalue weighted by atomic mass is 127. The van der Waals surface area contributed by atoms with E-state index in [0.29, 0.717) is 0 Å². The first-order valence-corrected chi connectivity index (χ1v) is 6.58. The van der Waals surface area contributed by atoms with Crippen molar-refractivity contribution in [1.29, 1.82) is 0 Å². The zero-order chi connectivity index (χ0) is 7.40. The summed E-state index contributed by atoms with van der Waals surface area (Å²) in [6, 6.07) is 0. The normalized spacial score (nSPS) is 36.6. The van der Waals surface area contributed by atoms with Gasteiger partial charge in [-0.1, -0.05) is 70.9 Å². The fraction of sp³-hybridized carbons (Fsp3) is 1.00. The quantitative estimate of drug-likeness (QED) is 0.451. The van der Waals surface area contributed by atoms with E-state index in [1.54, 1.807) is 0 Å². The molecule has 0 aliphatic heterocycles. The van der Waals surface area contributed by atoms with E-state index in [2.05, 4.69) is 45.2 Å². The van der Waals surface area contributed by atoms with Crippen LogP contribution in [0.25, 0.3) is 0 Å². The maximum Gasteiger partial charge on any atom is 0.0227 e. The molecule has 2 heteroatoms. The van der Waals surface area contributed by atoms with E-state index in [1.165, 1.54) is 38.5 Å². The van der Waals surface area contributed by atoms with Crippen molar-refractivity contribution in [2.24, 2.45) is 0 Å². The van der Waals surface area contributed by atoms with Crippen LogP contribution in [-0.2, 0) is 0 Å². The molecule has 0 spiro atoms. The Morgan fingerprint density at radius 2 is 1.10 bits per heavy atom. The first kappa shape index (κ1) is 9.55. The number of alkyl halides is 2. The summed E-state index contributed by atoms with van der Waals surface area (Å²) < 4.78 is 1.89. The fourth-order valence-corrected chi connectivity index (χ4v) is 2.99. The number of hydrogen-bond acceptors (Lipinski definition) is 0. The highest BCUT2D eigenvalue weighted by molar-refractivity contribution is 14.1. The Kier molecular flexibility index (Phi) is 4.93. The Labute approximate surface area is 90.8 Å². The topological polar surface area (TPSA) is 0 Å². The monoisotopic (exact) mass is 364 g/mol. The van der Waals surface area contributed by atoms with Gasteiger partial charge in [0.2, 0.25) is 0 Å². The lowest BCUT2D eigenvalue weighted by molar-refractivity contribution is 0.538. The van der Waals surface area contributed by atoms with Gasteiger partial charge in [-0.2, -0.15) is 0 Å². The lowest BCUT2D eigenvalue weighted by Crippen LogP contribution is -2.15. The van der Waals surface area contributed by atoms with Gasteiger partial charge in [0.1, 0.15) is 0 Å². The molecule has 60 valence electrons. The summed E-state index contributed by atoms with van der Waals surface area (Å²) in [6.07, 6.45) is 8.79. The standard InChI is InChI=1S/C8H14I2/c9-7-5-3-1-2-4-6-8(7)10/h7-8H,1-6H2. The summed E-state index contributed by atoms with van der Waals surface area (Å²) >= 11 is 5.23. The number of hydrogen-bond donors (Lipinski definition) is 0. The summed E-state index contributed by atoms with van der Waals surface area (Å²) in [5, 5.41) is 0. The molecular weight excluding hydrogens is 350 g/mol. The van der Waals surface area contributed by atoms with Crippen molar-refractivity contribution in [3.8, 4) is 0 Å². The molecule has 10 heavy (non-hydrogen) atoms.